The van der Waals surface area contributed by atoms with Crippen molar-refractivity contribution in [3.63, 3.8) is 0 Å². The average Bonchev–Trinajstić information content (AvgIpc) is 2.24. The van der Waals surface area contributed by atoms with E-state index in [0.29, 0.717) is 17.9 Å². The van der Waals surface area contributed by atoms with Gasteiger partial charge in [0, 0.05) is 22.3 Å². The van der Waals surface area contributed by atoms with E-state index in [0.717, 1.165) is 10.0 Å². The fourth-order valence-corrected chi connectivity index (χ4v) is 2.94. The lowest BCUT2D eigenvalue weighted by atomic mass is 9.81. The van der Waals surface area contributed by atoms with Crippen LogP contribution in [0.4, 0.5) is 0 Å². The summed E-state index contributed by atoms with van der Waals surface area (Å²) in [4.78, 5) is 25.4. The summed E-state index contributed by atoms with van der Waals surface area (Å²) in [6, 6.07) is 5.44. The van der Waals surface area contributed by atoms with Crippen LogP contribution in [0.5, 0.6) is 0 Å². The molecule has 2 rings (SSSR count). The van der Waals surface area contributed by atoms with Crippen molar-refractivity contribution in [3.8, 4) is 0 Å². The van der Waals surface area contributed by atoms with Crippen LogP contribution in [0.2, 0.25) is 5.02 Å². The summed E-state index contributed by atoms with van der Waals surface area (Å²) in [5, 5.41) is 0.555. The Morgan fingerprint density at radius 2 is 1.84 bits per heavy atom. The average molecular weight is 345 g/mol. The van der Waals surface area contributed by atoms with Gasteiger partial charge in [0.25, 0.3) is 0 Å². The first kappa shape index (κ1) is 14.5. The van der Waals surface area contributed by atoms with Crippen molar-refractivity contribution in [2.24, 2.45) is 5.41 Å². The van der Waals surface area contributed by atoms with E-state index < -0.39 is 0 Å². The summed E-state index contributed by atoms with van der Waals surface area (Å²) < 4.78 is 0.874. The van der Waals surface area contributed by atoms with E-state index >= 15 is 0 Å². The number of rotatable bonds is 2. The largest absolute Gasteiger partial charge is 0.278 e. The maximum absolute atomic E-state index is 12.1. The quantitative estimate of drug-likeness (QED) is 0.766. The Hall–Kier alpha value is -0.870. The van der Waals surface area contributed by atoms with Crippen molar-refractivity contribution in [1.82, 2.24) is 4.90 Å². The molecule has 1 aromatic carbocycles. The van der Waals surface area contributed by atoms with Crippen LogP contribution >= 0.6 is 27.5 Å². The van der Waals surface area contributed by atoms with Gasteiger partial charge in [0.05, 0.1) is 6.54 Å². The van der Waals surface area contributed by atoms with Gasteiger partial charge >= 0.3 is 0 Å². The summed E-state index contributed by atoms with van der Waals surface area (Å²) >= 11 is 9.45. The van der Waals surface area contributed by atoms with Gasteiger partial charge in [-0.05, 0) is 23.1 Å². The number of benzene rings is 1. The van der Waals surface area contributed by atoms with Crippen molar-refractivity contribution < 1.29 is 9.59 Å². The standard InChI is InChI=1S/C14H15BrClNO2/c1-14(2)6-12(18)17(13(19)7-14)8-9-3-4-10(15)5-11(9)16/h3-5H,6-8H2,1-2H3. The summed E-state index contributed by atoms with van der Waals surface area (Å²) in [6.45, 7) is 4.12. The number of hydrogen-bond donors (Lipinski definition) is 0. The van der Waals surface area contributed by atoms with Crippen LogP contribution in [0.25, 0.3) is 0 Å². The maximum atomic E-state index is 12.1. The molecule has 19 heavy (non-hydrogen) atoms. The van der Waals surface area contributed by atoms with Gasteiger partial charge in [-0.1, -0.05) is 47.4 Å². The SMILES string of the molecule is CC1(C)CC(=O)N(Cc2ccc(Br)cc2Cl)C(=O)C1. The Morgan fingerprint density at radius 1 is 1.26 bits per heavy atom. The van der Waals surface area contributed by atoms with E-state index in [1.54, 1.807) is 6.07 Å². The van der Waals surface area contributed by atoms with Crippen LogP contribution in [-0.2, 0) is 16.1 Å². The van der Waals surface area contributed by atoms with Gasteiger partial charge in [-0.3, -0.25) is 14.5 Å². The number of imide groups is 1. The molecule has 1 saturated heterocycles. The minimum Gasteiger partial charge on any atom is -0.278 e. The molecule has 0 unspecified atom stereocenters. The Morgan fingerprint density at radius 3 is 2.37 bits per heavy atom. The van der Waals surface area contributed by atoms with Crippen molar-refractivity contribution in [2.45, 2.75) is 33.2 Å². The van der Waals surface area contributed by atoms with Crippen molar-refractivity contribution in [1.29, 1.82) is 0 Å². The highest BCUT2D eigenvalue weighted by molar-refractivity contribution is 9.10. The van der Waals surface area contributed by atoms with E-state index in [1.807, 2.05) is 26.0 Å². The van der Waals surface area contributed by atoms with Crippen LogP contribution < -0.4 is 0 Å². The Labute approximate surface area is 126 Å². The lowest BCUT2D eigenvalue weighted by Gasteiger charge is -2.34. The number of amides is 2. The zero-order chi connectivity index (χ0) is 14.2. The predicted molar refractivity (Wildman–Crippen MR) is 77.7 cm³/mol. The zero-order valence-corrected chi connectivity index (χ0v) is 13.2. The minimum atomic E-state index is -0.242. The summed E-state index contributed by atoms with van der Waals surface area (Å²) in [5.41, 5.74) is 0.542. The van der Waals surface area contributed by atoms with E-state index in [9.17, 15) is 9.59 Å². The normalized spacial score (nSPS) is 18.8. The fraction of sp³-hybridized carbons (Fsp3) is 0.429. The monoisotopic (exact) mass is 343 g/mol. The van der Waals surface area contributed by atoms with Crippen molar-refractivity contribution in [2.75, 3.05) is 0 Å². The van der Waals surface area contributed by atoms with Gasteiger partial charge in [-0.15, -0.1) is 0 Å². The molecule has 0 N–H and O–H groups in total. The van der Waals surface area contributed by atoms with E-state index in [2.05, 4.69) is 15.9 Å². The lowest BCUT2D eigenvalue weighted by Crippen LogP contribution is -2.45. The number of nitrogens with zero attached hydrogens (tertiary/aromatic N) is 1. The zero-order valence-electron chi connectivity index (χ0n) is 10.9. The lowest BCUT2D eigenvalue weighted by molar-refractivity contribution is -0.153. The number of piperidine rings is 1. The molecule has 1 aliphatic rings. The molecule has 0 bridgehead atoms. The van der Waals surface area contributed by atoms with Gasteiger partial charge in [-0.2, -0.15) is 0 Å². The number of carbonyl (C=O) groups is 2. The van der Waals surface area contributed by atoms with Gasteiger partial charge in [0.2, 0.25) is 11.8 Å². The van der Waals surface area contributed by atoms with Gasteiger partial charge in [0.1, 0.15) is 0 Å². The molecule has 0 spiro atoms. The molecule has 0 aliphatic carbocycles. The topological polar surface area (TPSA) is 37.4 Å². The van der Waals surface area contributed by atoms with E-state index in [1.165, 1.54) is 4.90 Å². The highest BCUT2D eigenvalue weighted by Gasteiger charge is 2.37. The molecule has 3 nitrogen and oxygen atoms in total. The summed E-state index contributed by atoms with van der Waals surface area (Å²) in [7, 11) is 0. The number of halogens is 2. The van der Waals surface area contributed by atoms with Crippen molar-refractivity contribution in [3.05, 3.63) is 33.3 Å². The minimum absolute atomic E-state index is 0.125. The molecule has 0 radical (unpaired) electrons. The van der Waals surface area contributed by atoms with Crippen LogP contribution in [-0.4, -0.2) is 16.7 Å². The van der Waals surface area contributed by atoms with E-state index in [-0.39, 0.29) is 23.8 Å². The Bertz CT molecular complexity index is 522. The molecule has 0 atom stereocenters. The summed E-state index contributed by atoms with van der Waals surface area (Å²) in [5.74, 6) is -0.250. The fourth-order valence-electron chi connectivity index (χ4n) is 2.21. The second-order valence-corrected chi connectivity index (χ2v) is 6.95. The first-order valence-electron chi connectivity index (χ1n) is 6.06. The molecule has 0 saturated carbocycles. The second kappa shape index (κ2) is 5.25. The molecular weight excluding hydrogens is 330 g/mol. The molecule has 1 fully saturated rings. The summed E-state index contributed by atoms with van der Waals surface area (Å²) in [6.07, 6.45) is 0.791. The number of likely N-dealkylation sites (tertiary alicyclic amines) is 1. The highest BCUT2D eigenvalue weighted by Crippen LogP contribution is 2.33. The van der Waals surface area contributed by atoms with Gasteiger partial charge < -0.3 is 0 Å². The number of hydrogen-bond acceptors (Lipinski definition) is 2. The first-order chi connectivity index (χ1) is 8.78. The smallest absolute Gasteiger partial charge is 0.230 e. The Balaban J connectivity index is 2.19. The van der Waals surface area contributed by atoms with Gasteiger partial charge in [-0.25, -0.2) is 0 Å². The third kappa shape index (κ3) is 3.37. The van der Waals surface area contributed by atoms with Crippen LogP contribution in [0.15, 0.2) is 22.7 Å². The first-order valence-corrected chi connectivity index (χ1v) is 7.23. The van der Waals surface area contributed by atoms with Crippen LogP contribution in [0.3, 0.4) is 0 Å². The maximum Gasteiger partial charge on any atom is 0.230 e. The van der Waals surface area contributed by atoms with Crippen LogP contribution in [0.1, 0.15) is 32.3 Å². The molecule has 1 aliphatic heterocycles. The second-order valence-electron chi connectivity index (χ2n) is 5.63. The molecule has 1 heterocycles. The third-order valence-corrected chi connectivity index (χ3v) is 4.05. The number of carbonyl (C=O) groups excluding carboxylic acids is 2. The third-order valence-electron chi connectivity index (χ3n) is 3.21. The molecule has 0 aromatic heterocycles. The van der Waals surface area contributed by atoms with Crippen LogP contribution in [0, 0.1) is 5.41 Å². The van der Waals surface area contributed by atoms with E-state index in [4.69, 9.17) is 11.6 Å². The predicted octanol–water partition coefficient (Wildman–Crippen LogP) is 3.78. The molecule has 102 valence electrons. The molecule has 5 heteroatoms. The Kier molecular flexibility index (Phi) is 4.02. The highest BCUT2D eigenvalue weighted by atomic mass is 79.9. The molecule has 1 aromatic rings. The molecular formula is C14H15BrClNO2. The van der Waals surface area contributed by atoms with Gasteiger partial charge in [0.15, 0.2) is 0 Å². The molecule has 2 amide bonds. The van der Waals surface area contributed by atoms with Crippen molar-refractivity contribution >= 4 is 39.3 Å².